The Morgan fingerprint density at radius 3 is 2.18 bits per heavy atom. The zero-order valence-corrected chi connectivity index (χ0v) is 17.3. The summed E-state index contributed by atoms with van der Waals surface area (Å²) < 4.78 is 4.48. The fourth-order valence-electron chi connectivity index (χ4n) is 3.11. The Balaban J connectivity index is 1.35. The van der Waals surface area contributed by atoms with Gasteiger partial charge in [-0.15, -0.1) is 0 Å². The van der Waals surface area contributed by atoms with Gasteiger partial charge in [-0.2, -0.15) is 4.37 Å². The number of anilines is 1. The van der Waals surface area contributed by atoms with Crippen molar-refractivity contribution in [2.75, 3.05) is 31.1 Å². The quantitative estimate of drug-likeness (QED) is 0.612. The Labute approximate surface area is 177 Å². The predicted octanol–water partition coefficient (Wildman–Crippen LogP) is 4.40. The molecule has 2 heterocycles. The van der Waals surface area contributed by atoms with Gasteiger partial charge in [0.2, 0.25) is 5.13 Å². The van der Waals surface area contributed by atoms with Gasteiger partial charge in [0, 0.05) is 59.7 Å². The number of amides is 1. The molecular formula is C20H18Cl2N4OS. The fraction of sp³-hybridized carbons (Fsp3) is 0.250. The van der Waals surface area contributed by atoms with E-state index < -0.39 is 0 Å². The van der Waals surface area contributed by atoms with E-state index in [2.05, 4.69) is 14.3 Å². The lowest BCUT2D eigenvalue weighted by atomic mass is 10.1. The molecule has 5 nitrogen and oxygen atoms in total. The molecule has 0 atom stereocenters. The summed E-state index contributed by atoms with van der Waals surface area (Å²) in [5.74, 6) is 0.846. The van der Waals surface area contributed by atoms with Crippen LogP contribution in [0, 0.1) is 0 Å². The third-order valence-electron chi connectivity index (χ3n) is 4.66. The third kappa shape index (κ3) is 4.46. The summed E-state index contributed by atoms with van der Waals surface area (Å²) in [5.41, 5.74) is 1.80. The molecular weight excluding hydrogens is 415 g/mol. The average molecular weight is 433 g/mol. The van der Waals surface area contributed by atoms with Gasteiger partial charge in [0.25, 0.3) is 5.91 Å². The molecule has 0 unspecified atom stereocenters. The molecule has 1 aliphatic rings. The number of hydrogen-bond acceptors (Lipinski definition) is 5. The zero-order valence-electron chi connectivity index (χ0n) is 15.0. The van der Waals surface area contributed by atoms with Crippen molar-refractivity contribution in [3.63, 3.8) is 0 Å². The van der Waals surface area contributed by atoms with Crippen LogP contribution in [0.1, 0.15) is 21.7 Å². The Bertz CT molecular complexity index is 951. The fourth-order valence-corrected chi connectivity index (χ4v) is 4.09. The van der Waals surface area contributed by atoms with Gasteiger partial charge in [0.15, 0.2) is 0 Å². The molecule has 3 aromatic rings. The van der Waals surface area contributed by atoms with Crippen LogP contribution in [0.2, 0.25) is 10.0 Å². The standard InChI is InChI=1S/C20H18Cl2N4OS/c21-16-5-1-14(2-6-16)13-18-23-20(28-24-18)26-11-9-25(10-12-26)19(27)15-3-7-17(22)8-4-15/h1-8H,9-13H2. The number of nitrogens with zero attached hydrogens (tertiary/aromatic N) is 4. The second-order valence-electron chi connectivity index (χ2n) is 6.58. The molecule has 0 N–H and O–H groups in total. The first-order chi connectivity index (χ1) is 13.6. The highest BCUT2D eigenvalue weighted by Gasteiger charge is 2.24. The number of carbonyl (C=O) groups is 1. The van der Waals surface area contributed by atoms with Crippen LogP contribution in [-0.2, 0) is 6.42 Å². The molecule has 1 aromatic heterocycles. The van der Waals surface area contributed by atoms with E-state index >= 15 is 0 Å². The summed E-state index contributed by atoms with van der Waals surface area (Å²) >= 11 is 13.2. The van der Waals surface area contributed by atoms with Crippen LogP contribution in [0.5, 0.6) is 0 Å². The lowest BCUT2D eigenvalue weighted by Crippen LogP contribution is -2.48. The zero-order chi connectivity index (χ0) is 19.5. The van der Waals surface area contributed by atoms with E-state index in [1.807, 2.05) is 29.2 Å². The summed E-state index contributed by atoms with van der Waals surface area (Å²) in [7, 11) is 0. The first-order valence-corrected chi connectivity index (χ1v) is 10.5. The highest BCUT2D eigenvalue weighted by molar-refractivity contribution is 7.09. The van der Waals surface area contributed by atoms with Crippen molar-refractivity contribution in [3.8, 4) is 0 Å². The van der Waals surface area contributed by atoms with Crippen LogP contribution in [0.3, 0.4) is 0 Å². The summed E-state index contributed by atoms with van der Waals surface area (Å²) in [5, 5.41) is 2.26. The van der Waals surface area contributed by atoms with Crippen molar-refractivity contribution in [2.45, 2.75) is 6.42 Å². The van der Waals surface area contributed by atoms with Gasteiger partial charge >= 0.3 is 0 Å². The van der Waals surface area contributed by atoms with Gasteiger partial charge in [-0.25, -0.2) is 4.98 Å². The van der Waals surface area contributed by atoms with E-state index in [4.69, 9.17) is 23.2 Å². The SMILES string of the molecule is O=C(c1ccc(Cl)cc1)N1CCN(c2nc(Cc3ccc(Cl)cc3)ns2)CC1. The minimum absolute atomic E-state index is 0.0389. The summed E-state index contributed by atoms with van der Waals surface area (Å²) in [4.78, 5) is 21.3. The van der Waals surface area contributed by atoms with Crippen molar-refractivity contribution in [1.29, 1.82) is 0 Å². The number of piperazine rings is 1. The molecule has 144 valence electrons. The van der Waals surface area contributed by atoms with E-state index in [0.717, 1.165) is 34.6 Å². The van der Waals surface area contributed by atoms with Crippen molar-refractivity contribution in [3.05, 3.63) is 75.5 Å². The summed E-state index contributed by atoms with van der Waals surface area (Å²) in [6, 6.07) is 14.8. The highest BCUT2D eigenvalue weighted by atomic mass is 35.5. The predicted molar refractivity (Wildman–Crippen MR) is 114 cm³/mol. The smallest absolute Gasteiger partial charge is 0.253 e. The monoisotopic (exact) mass is 432 g/mol. The minimum Gasteiger partial charge on any atom is -0.343 e. The molecule has 1 aliphatic heterocycles. The number of benzene rings is 2. The first kappa shape index (κ1) is 19.2. The Morgan fingerprint density at radius 1 is 0.929 bits per heavy atom. The molecule has 2 aromatic carbocycles. The second kappa shape index (κ2) is 8.47. The maximum absolute atomic E-state index is 12.6. The van der Waals surface area contributed by atoms with E-state index in [-0.39, 0.29) is 5.91 Å². The van der Waals surface area contributed by atoms with Gasteiger partial charge in [-0.3, -0.25) is 4.79 Å². The third-order valence-corrected chi connectivity index (χ3v) is 5.98. The Kier molecular flexibility index (Phi) is 5.80. The molecule has 0 radical (unpaired) electrons. The molecule has 4 rings (SSSR count). The van der Waals surface area contributed by atoms with Crippen LogP contribution < -0.4 is 4.90 Å². The normalized spacial score (nSPS) is 14.4. The molecule has 0 bridgehead atoms. The Hall–Kier alpha value is -2.15. The van der Waals surface area contributed by atoms with Crippen LogP contribution >= 0.6 is 34.7 Å². The van der Waals surface area contributed by atoms with Crippen molar-refractivity contribution >= 4 is 45.8 Å². The van der Waals surface area contributed by atoms with Crippen LogP contribution in [-0.4, -0.2) is 46.3 Å². The van der Waals surface area contributed by atoms with Crippen molar-refractivity contribution < 1.29 is 4.79 Å². The molecule has 8 heteroatoms. The molecule has 1 fully saturated rings. The minimum atomic E-state index is 0.0389. The number of aromatic nitrogens is 2. The maximum Gasteiger partial charge on any atom is 0.253 e. The average Bonchev–Trinajstić information content (AvgIpc) is 3.18. The lowest BCUT2D eigenvalue weighted by molar-refractivity contribution is 0.0747. The molecule has 1 amide bonds. The van der Waals surface area contributed by atoms with Gasteiger partial charge in [-0.1, -0.05) is 35.3 Å². The van der Waals surface area contributed by atoms with Crippen molar-refractivity contribution in [2.24, 2.45) is 0 Å². The van der Waals surface area contributed by atoms with E-state index in [1.54, 1.807) is 24.3 Å². The van der Waals surface area contributed by atoms with Gasteiger partial charge in [0.1, 0.15) is 5.82 Å². The topological polar surface area (TPSA) is 49.3 Å². The van der Waals surface area contributed by atoms with Gasteiger partial charge in [0.05, 0.1) is 0 Å². The summed E-state index contributed by atoms with van der Waals surface area (Å²) in [6.45, 7) is 2.81. The molecule has 1 saturated heterocycles. The maximum atomic E-state index is 12.6. The van der Waals surface area contributed by atoms with Gasteiger partial charge < -0.3 is 9.80 Å². The first-order valence-electron chi connectivity index (χ1n) is 8.95. The number of hydrogen-bond donors (Lipinski definition) is 0. The van der Waals surface area contributed by atoms with Crippen molar-refractivity contribution in [1.82, 2.24) is 14.3 Å². The van der Waals surface area contributed by atoms with E-state index in [0.29, 0.717) is 30.1 Å². The molecule has 28 heavy (non-hydrogen) atoms. The molecule has 0 saturated carbocycles. The number of carbonyl (C=O) groups excluding carboxylic acids is 1. The lowest BCUT2D eigenvalue weighted by Gasteiger charge is -2.34. The van der Waals surface area contributed by atoms with E-state index in [9.17, 15) is 4.79 Å². The molecule has 0 aliphatic carbocycles. The van der Waals surface area contributed by atoms with E-state index in [1.165, 1.54) is 11.5 Å². The summed E-state index contributed by atoms with van der Waals surface area (Å²) in [6.07, 6.45) is 0.683. The number of halogens is 2. The van der Waals surface area contributed by atoms with Crippen LogP contribution in [0.4, 0.5) is 5.13 Å². The molecule has 0 spiro atoms. The Morgan fingerprint density at radius 2 is 1.54 bits per heavy atom. The largest absolute Gasteiger partial charge is 0.343 e. The van der Waals surface area contributed by atoms with Gasteiger partial charge in [-0.05, 0) is 42.0 Å². The second-order valence-corrected chi connectivity index (χ2v) is 8.19. The van der Waals surface area contributed by atoms with Crippen LogP contribution in [0.15, 0.2) is 48.5 Å². The highest BCUT2D eigenvalue weighted by Crippen LogP contribution is 2.22. The van der Waals surface area contributed by atoms with Crippen LogP contribution in [0.25, 0.3) is 0 Å². The number of rotatable bonds is 4.